The van der Waals surface area contributed by atoms with Crippen molar-refractivity contribution in [3.8, 4) is 5.75 Å². The van der Waals surface area contributed by atoms with Gasteiger partial charge in [-0.05, 0) is 36.6 Å². The van der Waals surface area contributed by atoms with E-state index in [4.69, 9.17) is 4.74 Å². The lowest BCUT2D eigenvalue weighted by atomic mass is 10.1. The number of carbonyl (C=O) groups excluding carboxylic acids is 1. The van der Waals surface area contributed by atoms with Crippen LogP contribution >= 0.6 is 24.0 Å². The van der Waals surface area contributed by atoms with E-state index in [0.29, 0.717) is 19.6 Å². The van der Waals surface area contributed by atoms with E-state index in [0.717, 1.165) is 37.8 Å². The van der Waals surface area contributed by atoms with Gasteiger partial charge in [-0.2, -0.15) is 0 Å². The van der Waals surface area contributed by atoms with Crippen molar-refractivity contribution < 1.29 is 9.53 Å². The molecule has 0 radical (unpaired) electrons. The van der Waals surface area contributed by atoms with Crippen LogP contribution in [0.15, 0.2) is 53.5 Å². The largest absolute Gasteiger partial charge is 0.492 e. The summed E-state index contributed by atoms with van der Waals surface area (Å²) in [6.07, 6.45) is 1.32. The fourth-order valence-corrected chi connectivity index (χ4v) is 3.53. The van der Waals surface area contributed by atoms with E-state index in [1.165, 1.54) is 16.7 Å². The van der Waals surface area contributed by atoms with Crippen molar-refractivity contribution >= 4 is 35.8 Å². The van der Waals surface area contributed by atoms with Gasteiger partial charge in [0, 0.05) is 40.2 Å². The standard InChI is InChI=1S/C24H32N4O2.HI/c1-19-10-12-22(13-11-19)30-16-15-27(3)24(25-2)26-14-6-9-23(29)28-17-20-7-4-5-8-21(20)18-28;/h4-5,7-8,10-13H,6,9,14-18H2,1-3H3,(H,25,26);1H. The molecule has 1 aliphatic rings. The molecular formula is C24H33IN4O2. The number of nitrogens with zero attached hydrogens (tertiary/aromatic N) is 3. The zero-order valence-electron chi connectivity index (χ0n) is 18.6. The number of hydrogen-bond acceptors (Lipinski definition) is 3. The van der Waals surface area contributed by atoms with Crippen molar-refractivity contribution in [3.63, 3.8) is 0 Å². The second-order valence-electron chi connectivity index (χ2n) is 7.68. The Labute approximate surface area is 202 Å². The first-order valence-electron chi connectivity index (χ1n) is 10.5. The van der Waals surface area contributed by atoms with Gasteiger partial charge in [-0.15, -0.1) is 24.0 Å². The van der Waals surface area contributed by atoms with Gasteiger partial charge >= 0.3 is 0 Å². The Hall–Kier alpha value is -2.29. The minimum Gasteiger partial charge on any atom is -0.492 e. The lowest BCUT2D eigenvalue weighted by molar-refractivity contribution is -0.131. The molecule has 0 spiro atoms. The Morgan fingerprint density at radius 3 is 2.39 bits per heavy atom. The monoisotopic (exact) mass is 536 g/mol. The number of hydrogen-bond donors (Lipinski definition) is 1. The van der Waals surface area contributed by atoms with Gasteiger partial charge in [0.05, 0.1) is 6.54 Å². The average Bonchev–Trinajstić information content (AvgIpc) is 3.19. The molecule has 3 rings (SSSR count). The van der Waals surface area contributed by atoms with E-state index >= 15 is 0 Å². The van der Waals surface area contributed by atoms with Gasteiger partial charge in [0.15, 0.2) is 5.96 Å². The van der Waals surface area contributed by atoms with Crippen molar-refractivity contribution in [3.05, 3.63) is 65.2 Å². The zero-order valence-corrected chi connectivity index (χ0v) is 21.0. The predicted octanol–water partition coefficient (Wildman–Crippen LogP) is 3.82. The highest BCUT2D eigenvalue weighted by molar-refractivity contribution is 14.0. The molecule has 0 bridgehead atoms. The van der Waals surface area contributed by atoms with Crippen LogP contribution in [0.5, 0.6) is 5.75 Å². The molecule has 7 heteroatoms. The number of aliphatic imine (C=N–C) groups is 1. The van der Waals surface area contributed by atoms with E-state index in [-0.39, 0.29) is 29.9 Å². The summed E-state index contributed by atoms with van der Waals surface area (Å²) in [5.74, 6) is 1.89. The Bertz CT molecular complexity index is 845. The number of likely N-dealkylation sites (N-methyl/N-ethyl adjacent to an activating group) is 1. The fraction of sp³-hybridized carbons (Fsp3) is 0.417. The number of ether oxygens (including phenoxy) is 1. The lowest BCUT2D eigenvalue weighted by Crippen LogP contribution is -2.41. The number of carbonyl (C=O) groups is 1. The summed E-state index contributed by atoms with van der Waals surface area (Å²) in [6, 6.07) is 16.3. The first-order chi connectivity index (χ1) is 14.6. The van der Waals surface area contributed by atoms with Gasteiger partial charge in [0.1, 0.15) is 12.4 Å². The molecule has 0 fully saturated rings. The van der Waals surface area contributed by atoms with E-state index in [9.17, 15) is 4.79 Å². The normalized spacial score (nSPS) is 12.7. The second-order valence-corrected chi connectivity index (χ2v) is 7.68. The first kappa shape index (κ1) is 25.0. The van der Waals surface area contributed by atoms with Gasteiger partial charge in [-0.25, -0.2) is 0 Å². The molecule has 1 aliphatic heterocycles. The third kappa shape index (κ3) is 7.41. The van der Waals surface area contributed by atoms with E-state index in [1.54, 1.807) is 7.05 Å². The third-order valence-electron chi connectivity index (χ3n) is 5.33. The van der Waals surface area contributed by atoms with Gasteiger partial charge in [0.25, 0.3) is 0 Å². The zero-order chi connectivity index (χ0) is 21.3. The highest BCUT2D eigenvalue weighted by Crippen LogP contribution is 2.22. The van der Waals surface area contributed by atoms with Gasteiger partial charge < -0.3 is 19.9 Å². The van der Waals surface area contributed by atoms with E-state index < -0.39 is 0 Å². The molecule has 0 saturated carbocycles. The maximum absolute atomic E-state index is 12.5. The second kappa shape index (κ2) is 12.5. The fourth-order valence-electron chi connectivity index (χ4n) is 3.53. The van der Waals surface area contributed by atoms with Crippen LogP contribution in [0, 0.1) is 6.92 Å². The molecule has 0 aliphatic carbocycles. The third-order valence-corrected chi connectivity index (χ3v) is 5.33. The van der Waals surface area contributed by atoms with Gasteiger partial charge in [0.2, 0.25) is 5.91 Å². The minimum atomic E-state index is 0. The van der Waals surface area contributed by atoms with E-state index in [1.807, 2.05) is 53.2 Å². The van der Waals surface area contributed by atoms with Crippen molar-refractivity contribution in [2.24, 2.45) is 4.99 Å². The summed E-state index contributed by atoms with van der Waals surface area (Å²) in [5.41, 5.74) is 3.74. The number of rotatable bonds is 8. The minimum absolute atomic E-state index is 0. The molecular weight excluding hydrogens is 503 g/mol. The molecule has 1 heterocycles. The average molecular weight is 536 g/mol. The maximum atomic E-state index is 12.5. The Morgan fingerprint density at radius 1 is 1.13 bits per heavy atom. The van der Waals surface area contributed by atoms with Crippen LogP contribution in [0.2, 0.25) is 0 Å². The quantitative estimate of drug-likeness (QED) is 0.241. The first-order valence-corrected chi connectivity index (χ1v) is 10.5. The van der Waals surface area contributed by atoms with Crippen LogP contribution in [0.1, 0.15) is 29.5 Å². The van der Waals surface area contributed by atoms with Crippen LogP contribution in [0.25, 0.3) is 0 Å². The summed E-state index contributed by atoms with van der Waals surface area (Å²) in [5, 5.41) is 3.34. The maximum Gasteiger partial charge on any atom is 0.223 e. The molecule has 0 unspecified atom stereocenters. The Balaban J connectivity index is 0.00000341. The van der Waals surface area contributed by atoms with Crippen LogP contribution < -0.4 is 10.1 Å². The van der Waals surface area contributed by atoms with Crippen molar-refractivity contribution in [2.75, 3.05) is 33.8 Å². The van der Waals surface area contributed by atoms with Gasteiger partial charge in [-0.1, -0.05) is 42.0 Å². The van der Waals surface area contributed by atoms with Crippen molar-refractivity contribution in [2.45, 2.75) is 32.9 Å². The molecule has 0 atom stereocenters. The van der Waals surface area contributed by atoms with Crippen molar-refractivity contribution in [1.29, 1.82) is 0 Å². The molecule has 2 aromatic rings. The summed E-state index contributed by atoms with van der Waals surface area (Å²) in [4.78, 5) is 20.8. The SMILES string of the molecule is CN=C(NCCCC(=O)N1Cc2ccccc2C1)N(C)CCOc1ccc(C)cc1.I. The van der Waals surface area contributed by atoms with Gasteiger partial charge in [-0.3, -0.25) is 9.79 Å². The molecule has 0 aromatic heterocycles. The predicted molar refractivity (Wildman–Crippen MR) is 136 cm³/mol. The van der Waals surface area contributed by atoms with Crippen LogP contribution in [-0.4, -0.2) is 55.5 Å². The topological polar surface area (TPSA) is 57.2 Å². The highest BCUT2D eigenvalue weighted by atomic mass is 127. The van der Waals surface area contributed by atoms with E-state index in [2.05, 4.69) is 29.4 Å². The number of guanidine groups is 1. The molecule has 1 amide bonds. The highest BCUT2D eigenvalue weighted by Gasteiger charge is 2.22. The molecule has 1 N–H and O–H groups in total. The molecule has 0 saturated heterocycles. The smallest absolute Gasteiger partial charge is 0.223 e. The summed E-state index contributed by atoms with van der Waals surface area (Å²) in [6.45, 7) is 5.53. The van der Waals surface area contributed by atoms with Crippen LogP contribution in [0.3, 0.4) is 0 Å². The molecule has 6 nitrogen and oxygen atoms in total. The van der Waals surface area contributed by atoms with Crippen molar-refractivity contribution in [1.82, 2.24) is 15.1 Å². The summed E-state index contributed by atoms with van der Waals surface area (Å²) >= 11 is 0. The molecule has 2 aromatic carbocycles. The Kier molecular flexibility index (Phi) is 10.1. The number of halogens is 1. The van der Waals surface area contributed by atoms with Crippen LogP contribution in [-0.2, 0) is 17.9 Å². The number of fused-ring (bicyclic) bond motifs is 1. The number of aryl methyl sites for hydroxylation is 1. The lowest BCUT2D eigenvalue weighted by Gasteiger charge is -2.22. The number of nitrogens with one attached hydrogen (secondary N) is 1. The number of benzene rings is 2. The van der Waals surface area contributed by atoms with Crippen LogP contribution in [0.4, 0.5) is 0 Å². The molecule has 168 valence electrons. The Morgan fingerprint density at radius 2 is 1.77 bits per heavy atom. The summed E-state index contributed by atoms with van der Waals surface area (Å²) in [7, 11) is 3.76. The summed E-state index contributed by atoms with van der Waals surface area (Å²) < 4.78 is 5.79. The molecule has 31 heavy (non-hydrogen) atoms. The number of amides is 1.